The maximum atomic E-state index is 12.3. The molecule has 0 spiro atoms. The van der Waals surface area contributed by atoms with E-state index in [1.54, 1.807) is 6.07 Å². The molecule has 6 heteroatoms. The third-order valence-electron chi connectivity index (χ3n) is 3.10. The Hall–Kier alpha value is -1.50. The van der Waals surface area contributed by atoms with Gasteiger partial charge in [0.2, 0.25) is 10.0 Å². The normalized spacial score (nSPS) is 11.8. The topological polar surface area (TPSA) is 63.4 Å². The number of hydrogen-bond acceptors (Lipinski definition) is 4. The van der Waals surface area contributed by atoms with Gasteiger partial charge < -0.3 is 5.73 Å². The highest BCUT2D eigenvalue weighted by Crippen LogP contribution is 2.37. The molecule has 0 amide bonds. The van der Waals surface area contributed by atoms with Gasteiger partial charge in [-0.3, -0.25) is 0 Å². The third-order valence-corrected chi connectivity index (χ3v) is 6.23. The number of hydrogen-bond donors (Lipinski definition) is 1. The maximum absolute atomic E-state index is 12.3. The molecular weight excluding hydrogens is 304 g/mol. The van der Waals surface area contributed by atoms with Gasteiger partial charge in [-0.1, -0.05) is 36.0 Å². The first-order chi connectivity index (χ1) is 9.84. The number of nitrogens with zero attached hydrogens (tertiary/aromatic N) is 1. The molecule has 21 heavy (non-hydrogen) atoms. The number of anilines is 1. The summed E-state index contributed by atoms with van der Waals surface area (Å²) in [4.78, 5) is 1.95. The molecule has 2 aromatic rings. The molecular formula is C15H18N2O2S2. The molecule has 0 aliphatic carbocycles. The van der Waals surface area contributed by atoms with Gasteiger partial charge >= 0.3 is 0 Å². The van der Waals surface area contributed by atoms with Crippen molar-refractivity contribution in [3.8, 4) is 0 Å². The van der Waals surface area contributed by atoms with Crippen LogP contribution in [0.25, 0.3) is 0 Å². The molecule has 0 aromatic heterocycles. The summed E-state index contributed by atoms with van der Waals surface area (Å²) in [6.07, 6.45) is 0. The van der Waals surface area contributed by atoms with Crippen LogP contribution in [-0.4, -0.2) is 26.8 Å². The van der Waals surface area contributed by atoms with Crippen LogP contribution in [0.15, 0.2) is 57.2 Å². The summed E-state index contributed by atoms with van der Waals surface area (Å²) in [6.45, 7) is 2.01. The second-order valence-electron chi connectivity index (χ2n) is 4.82. The Morgan fingerprint density at radius 3 is 2.24 bits per heavy atom. The zero-order valence-corrected chi connectivity index (χ0v) is 13.8. The van der Waals surface area contributed by atoms with Crippen LogP contribution in [0.5, 0.6) is 0 Å². The van der Waals surface area contributed by atoms with Gasteiger partial charge in [0.05, 0.1) is 5.69 Å². The quantitative estimate of drug-likeness (QED) is 0.879. The standard InChI is InChI=1S/C15H18N2O2S2/c1-11-7-4-5-8-12(11)20-13-9-6-10-14(15(13)16)21(18,19)17(2)3/h4-10H,16H2,1-3H3. The smallest absolute Gasteiger partial charge is 0.244 e. The van der Waals surface area contributed by atoms with Crippen LogP contribution in [-0.2, 0) is 10.0 Å². The van der Waals surface area contributed by atoms with Crippen molar-refractivity contribution in [2.75, 3.05) is 19.8 Å². The van der Waals surface area contributed by atoms with Gasteiger partial charge in [-0.2, -0.15) is 0 Å². The predicted molar refractivity (Wildman–Crippen MR) is 87.0 cm³/mol. The van der Waals surface area contributed by atoms with Crippen LogP contribution < -0.4 is 5.73 Å². The highest BCUT2D eigenvalue weighted by atomic mass is 32.2. The van der Waals surface area contributed by atoms with Crippen LogP contribution in [0, 0.1) is 6.92 Å². The number of nitrogens with two attached hydrogens (primary N) is 1. The minimum Gasteiger partial charge on any atom is -0.397 e. The lowest BCUT2D eigenvalue weighted by Gasteiger charge is -2.15. The first kappa shape index (κ1) is 15.9. The zero-order chi connectivity index (χ0) is 15.6. The highest BCUT2D eigenvalue weighted by Gasteiger charge is 2.22. The van der Waals surface area contributed by atoms with Crippen molar-refractivity contribution in [1.82, 2.24) is 4.31 Å². The molecule has 2 N–H and O–H groups in total. The van der Waals surface area contributed by atoms with Crippen molar-refractivity contribution in [1.29, 1.82) is 0 Å². The SMILES string of the molecule is Cc1ccccc1Sc1cccc(S(=O)(=O)N(C)C)c1N. The van der Waals surface area contributed by atoms with E-state index in [1.807, 2.05) is 37.3 Å². The monoisotopic (exact) mass is 322 g/mol. The van der Waals surface area contributed by atoms with Gasteiger partial charge in [-0.15, -0.1) is 0 Å². The molecule has 2 rings (SSSR count). The van der Waals surface area contributed by atoms with Crippen LogP contribution in [0.2, 0.25) is 0 Å². The van der Waals surface area contributed by atoms with Crippen molar-refractivity contribution < 1.29 is 8.42 Å². The summed E-state index contributed by atoms with van der Waals surface area (Å²) < 4.78 is 25.7. The van der Waals surface area contributed by atoms with Gasteiger partial charge in [-0.25, -0.2) is 12.7 Å². The fourth-order valence-corrected chi connectivity index (χ4v) is 3.90. The van der Waals surface area contributed by atoms with Crippen LogP contribution in [0.3, 0.4) is 0 Å². The molecule has 112 valence electrons. The molecule has 0 aliphatic heterocycles. The first-order valence-corrected chi connectivity index (χ1v) is 8.64. The third kappa shape index (κ3) is 3.23. The lowest BCUT2D eigenvalue weighted by Crippen LogP contribution is -2.23. The average Bonchev–Trinajstić information content (AvgIpc) is 2.43. The summed E-state index contributed by atoms with van der Waals surface area (Å²) in [7, 11) is -0.546. The molecule has 0 heterocycles. The Bertz CT molecular complexity index is 756. The van der Waals surface area contributed by atoms with E-state index in [0.717, 1.165) is 15.4 Å². The van der Waals surface area contributed by atoms with Gasteiger partial charge in [0.1, 0.15) is 4.90 Å². The molecule has 2 aromatic carbocycles. The van der Waals surface area contributed by atoms with Gasteiger partial charge in [0.15, 0.2) is 0 Å². The van der Waals surface area contributed by atoms with E-state index in [9.17, 15) is 8.42 Å². The maximum Gasteiger partial charge on any atom is 0.244 e. The largest absolute Gasteiger partial charge is 0.397 e. The fraction of sp³-hybridized carbons (Fsp3) is 0.200. The van der Waals surface area contributed by atoms with Gasteiger partial charge in [0.25, 0.3) is 0 Å². The Kier molecular flexibility index (Phi) is 4.61. The number of sulfonamides is 1. The number of rotatable bonds is 4. The number of benzene rings is 2. The van der Waals surface area contributed by atoms with E-state index in [2.05, 4.69) is 0 Å². The lowest BCUT2D eigenvalue weighted by atomic mass is 10.2. The molecule has 4 nitrogen and oxygen atoms in total. The highest BCUT2D eigenvalue weighted by molar-refractivity contribution is 7.99. The molecule has 0 unspecified atom stereocenters. The second-order valence-corrected chi connectivity index (χ2v) is 8.03. The van der Waals surface area contributed by atoms with Crippen LogP contribution in [0.4, 0.5) is 5.69 Å². The lowest BCUT2D eigenvalue weighted by molar-refractivity contribution is 0.521. The summed E-state index contributed by atoms with van der Waals surface area (Å²) in [6, 6.07) is 13.0. The van der Waals surface area contributed by atoms with Crippen molar-refractivity contribution in [3.05, 3.63) is 48.0 Å². The zero-order valence-electron chi connectivity index (χ0n) is 12.2. The Morgan fingerprint density at radius 2 is 1.62 bits per heavy atom. The second kappa shape index (κ2) is 6.09. The summed E-state index contributed by atoms with van der Waals surface area (Å²) >= 11 is 1.47. The number of nitrogen functional groups attached to an aromatic ring is 1. The van der Waals surface area contributed by atoms with Crippen LogP contribution >= 0.6 is 11.8 Å². The van der Waals surface area contributed by atoms with Gasteiger partial charge in [-0.05, 0) is 30.7 Å². The van der Waals surface area contributed by atoms with E-state index in [0.29, 0.717) is 5.69 Å². The van der Waals surface area contributed by atoms with Crippen molar-refractivity contribution in [2.24, 2.45) is 0 Å². The molecule has 0 radical (unpaired) electrons. The summed E-state index contributed by atoms with van der Waals surface area (Å²) in [5.41, 5.74) is 7.50. The Morgan fingerprint density at radius 1 is 1.00 bits per heavy atom. The summed E-state index contributed by atoms with van der Waals surface area (Å²) in [5.74, 6) is 0. The molecule has 0 atom stereocenters. The van der Waals surface area contributed by atoms with E-state index < -0.39 is 10.0 Å². The minimum absolute atomic E-state index is 0.145. The predicted octanol–water partition coefficient (Wildman–Crippen LogP) is 2.98. The Labute approximate surface area is 130 Å². The summed E-state index contributed by atoms with van der Waals surface area (Å²) in [5, 5.41) is 0. The molecule has 0 fully saturated rings. The fourth-order valence-electron chi connectivity index (χ4n) is 1.82. The van der Waals surface area contributed by atoms with Gasteiger partial charge in [0, 0.05) is 23.9 Å². The number of para-hydroxylation sites is 1. The Balaban J connectivity index is 2.47. The molecule has 0 aliphatic rings. The first-order valence-electron chi connectivity index (χ1n) is 6.38. The molecule has 0 bridgehead atoms. The van der Waals surface area contributed by atoms with E-state index in [1.165, 1.54) is 36.2 Å². The van der Waals surface area contributed by atoms with E-state index in [4.69, 9.17) is 5.73 Å². The number of aryl methyl sites for hydroxylation is 1. The average molecular weight is 322 g/mol. The van der Waals surface area contributed by atoms with Crippen molar-refractivity contribution in [3.63, 3.8) is 0 Å². The molecule has 0 saturated heterocycles. The van der Waals surface area contributed by atoms with E-state index >= 15 is 0 Å². The molecule has 0 saturated carbocycles. The van der Waals surface area contributed by atoms with Crippen molar-refractivity contribution in [2.45, 2.75) is 21.6 Å². The van der Waals surface area contributed by atoms with E-state index in [-0.39, 0.29) is 4.90 Å². The van der Waals surface area contributed by atoms with Crippen molar-refractivity contribution >= 4 is 27.5 Å². The minimum atomic E-state index is -3.54. The van der Waals surface area contributed by atoms with Crippen LogP contribution in [0.1, 0.15) is 5.56 Å².